The van der Waals surface area contributed by atoms with Crippen LogP contribution in [-0.4, -0.2) is 81.8 Å². The number of esters is 1. The average Bonchev–Trinajstić information content (AvgIpc) is 3.62. The zero-order valence-corrected chi connectivity index (χ0v) is 25.9. The van der Waals surface area contributed by atoms with Crippen molar-refractivity contribution in [3.05, 3.63) is 53.9 Å². The van der Waals surface area contributed by atoms with E-state index in [9.17, 15) is 14.7 Å². The second-order valence-electron chi connectivity index (χ2n) is 13.4. The van der Waals surface area contributed by atoms with E-state index in [1.54, 1.807) is 0 Å². The SMILES string of the molecule is CCOC(=O)c1ccc2c(c1)ncn2C1CCN(CC2CN([C@H](C(=O)O)C3CCCCC3)C[C@H]2C2=CC=CC(C)C2)CC1. The Kier molecular flexibility index (Phi) is 9.34. The molecule has 1 aromatic carbocycles. The normalized spacial score (nSPS) is 26.9. The van der Waals surface area contributed by atoms with Crippen LogP contribution in [0.1, 0.15) is 81.6 Å². The molecular formula is C35H48N4O4. The standard InChI is InChI=1S/C35H48N4O4/c1-3-43-35(42)27-12-13-32-31(19-27)36-23-39(32)29-14-16-37(17-15-29)20-28-21-38(22-30(28)26-11-7-8-24(2)18-26)33(34(40)41)25-9-5-4-6-10-25/h7-8,11-13,19,23-25,28-30,33H,3-6,9-10,14-18,20-22H2,1-2H3,(H,40,41)/t24?,28?,30-,33-/m0/s1. The minimum atomic E-state index is -0.625. The number of carboxylic acids is 1. The molecule has 6 rings (SSSR count). The van der Waals surface area contributed by atoms with Crippen LogP contribution in [0.5, 0.6) is 0 Å². The number of benzene rings is 1. The lowest BCUT2D eigenvalue weighted by Gasteiger charge is -2.36. The molecule has 0 bridgehead atoms. The summed E-state index contributed by atoms with van der Waals surface area (Å²) in [5.41, 5.74) is 3.95. The van der Waals surface area contributed by atoms with E-state index in [-0.39, 0.29) is 17.9 Å². The highest BCUT2D eigenvalue weighted by Crippen LogP contribution is 2.40. The zero-order valence-electron chi connectivity index (χ0n) is 25.9. The van der Waals surface area contributed by atoms with Crippen molar-refractivity contribution in [3.63, 3.8) is 0 Å². The topological polar surface area (TPSA) is 87.9 Å². The molecule has 1 saturated carbocycles. The number of ether oxygens (including phenoxy) is 1. The van der Waals surface area contributed by atoms with Gasteiger partial charge in [-0.2, -0.15) is 0 Å². The number of carbonyl (C=O) groups excluding carboxylic acids is 1. The number of carbonyl (C=O) groups is 2. The van der Waals surface area contributed by atoms with Gasteiger partial charge in [-0.15, -0.1) is 0 Å². The molecule has 3 heterocycles. The maximum Gasteiger partial charge on any atom is 0.338 e. The highest BCUT2D eigenvalue weighted by molar-refractivity contribution is 5.93. The molecule has 4 aliphatic rings. The van der Waals surface area contributed by atoms with Gasteiger partial charge in [0.05, 0.1) is 29.5 Å². The second kappa shape index (κ2) is 13.3. The van der Waals surface area contributed by atoms with Gasteiger partial charge in [-0.3, -0.25) is 9.69 Å². The lowest BCUT2D eigenvalue weighted by Crippen LogP contribution is -2.46. The predicted octanol–water partition coefficient (Wildman–Crippen LogP) is 5.95. The van der Waals surface area contributed by atoms with Crippen molar-refractivity contribution in [1.29, 1.82) is 0 Å². The molecule has 2 aromatic rings. The molecule has 1 N–H and O–H groups in total. The summed E-state index contributed by atoms with van der Waals surface area (Å²) in [6.07, 6.45) is 17.6. The number of hydrogen-bond donors (Lipinski definition) is 1. The number of piperidine rings is 1. The fourth-order valence-corrected chi connectivity index (χ4v) is 8.37. The summed E-state index contributed by atoms with van der Waals surface area (Å²) in [4.78, 5) is 34.4. The highest BCUT2D eigenvalue weighted by atomic mass is 16.5. The van der Waals surface area contributed by atoms with Gasteiger partial charge >= 0.3 is 11.9 Å². The van der Waals surface area contributed by atoms with Crippen LogP contribution in [0.3, 0.4) is 0 Å². The van der Waals surface area contributed by atoms with Gasteiger partial charge in [0.25, 0.3) is 0 Å². The molecule has 1 aromatic heterocycles. The summed E-state index contributed by atoms with van der Waals surface area (Å²) in [5.74, 6) is 0.749. The largest absolute Gasteiger partial charge is 0.480 e. The lowest BCUT2D eigenvalue weighted by atomic mass is 9.81. The minimum absolute atomic E-state index is 0.277. The smallest absolute Gasteiger partial charge is 0.338 e. The number of imidazole rings is 1. The zero-order chi connectivity index (χ0) is 29.9. The quantitative estimate of drug-likeness (QED) is 0.362. The van der Waals surface area contributed by atoms with Crippen LogP contribution in [0.2, 0.25) is 0 Å². The Bertz CT molecular complexity index is 1350. The van der Waals surface area contributed by atoms with Crippen molar-refractivity contribution < 1.29 is 19.4 Å². The van der Waals surface area contributed by atoms with Gasteiger partial charge in [0.2, 0.25) is 0 Å². The summed E-state index contributed by atoms with van der Waals surface area (Å²) in [6.45, 7) is 9.28. The summed E-state index contributed by atoms with van der Waals surface area (Å²) >= 11 is 0. The summed E-state index contributed by atoms with van der Waals surface area (Å²) in [6, 6.07) is 5.69. The minimum Gasteiger partial charge on any atom is -0.480 e. The van der Waals surface area contributed by atoms with Crippen LogP contribution >= 0.6 is 0 Å². The van der Waals surface area contributed by atoms with E-state index < -0.39 is 5.97 Å². The Morgan fingerprint density at radius 1 is 1.09 bits per heavy atom. The summed E-state index contributed by atoms with van der Waals surface area (Å²) in [7, 11) is 0. The van der Waals surface area contributed by atoms with Crippen LogP contribution in [0.4, 0.5) is 0 Å². The Morgan fingerprint density at radius 3 is 2.60 bits per heavy atom. The molecular weight excluding hydrogens is 540 g/mol. The number of hydrogen-bond acceptors (Lipinski definition) is 6. The number of fused-ring (bicyclic) bond motifs is 1. The number of carboxylic acid groups (broad SMARTS) is 1. The molecule has 232 valence electrons. The average molecular weight is 589 g/mol. The molecule has 43 heavy (non-hydrogen) atoms. The van der Waals surface area contributed by atoms with E-state index in [1.165, 1.54) is 12.0 Å². The first-order chi connectivity index (χ1) is 20.9. The van der Waals surface area contributed by atoms with Crippen molar-refractivity contribution in [1.82, 2.24) is 19.4 Å². The molecule has 2 aliphatic heterocycles. The van der Waals surface area contributed by atoms with Crippen LogP contribution in [0.15, 0.2) is 48.3 Å². The molecule has 8 nitrogen and oxygen atoms in total. The van der Waals surface area contributed by atoms with Gasteiger partial charge in [0, 0.05) is 38.8 Å². The number of allylic oxidation sites excluding steroid dienone is 3. The fourth-order valence-electron chi connectivity index (χ4n) is 8.37. The summed E-state index contributed by atoms with van der Waals surface area (Å²) in [5, 5.41) is 10.4. The van der Waals surface area contributed by atoms with Crippen molar-refractivity contribution in [2.75, 3.05) is 39.3 Å². The highest BCUT2D eigenvalue weighted by Gasteiger charge is 2.44. The first-order valence-electron chi connectivity index (χ1n) is 16.6. The van der Waals surface area contributed by atoms with Gasteiger partial charge in [-0.25, -0.2) is 9.78 Å². The van der Waals surface area contributed by atoms with E-state index in [2.05, 4.69) is 44.5 Å². The maximum atomic E-state index is 12.6. The third-order valence-electron chi connectivity index (χ3n) is 10.5. The lowest BCUT2D eigenvalue weighted by molar-refractivity contribution is -0.145. The Hall–Kier alpha value is -2.97. The van der Waals surface area contributed by atoms with E-state index in [1.807, 2.05) is 31.5 Å². The molecule has 2 aliphatic carbocycles. The molecule has 2 unspecified atom stereocenters. The second-order valence-corrected chi connectivity index (χ2v) is 13.4. The van der Waals surface area contributed by atoms with E-state index in [0.717, 1.165) is 88.7 Å². The monoisotopic (exact) mass is 588 g/mol. The van der Waals surface area contributed by atoms with Gasteiger partial charge in [-0.1, -0.05) is 50.0 Å². The Morgan fingerprint density at radius 2 is 1.88 bits per heavy atom. The third-order valence-corrected chi connectivity index (χ3v) is 10.5. The van der Waals surface area contributed by atoms with E-state index in [0.29, 0.717) is 36.0 Å². The van der Waals surface area contributed by atoms with Gasteiger partial charge in [-0.05, 0) is 80.9 Å². The van der Waals surface area contributed by atoms with Crippen molar-refractivity contribution in [2.24, 2.45) is 23.7 Å². The molecule has 0 spiro atoms. The molecule has 2 saturated heterocycles. The molecule has 0 radical (unpaired) electrons. The van der Waals surface area contributed by atoms with Crippen LogP contribution in [-0.2, 0) is 9.53 Å². The van der Waals surface area contributed by atoms with E-state index in [4.69, 9.17) is 4.74 Å². The van der Waals surface area contributed by atoms with Crippen LogP contribution in [0.25, 0.3) is 11.0 Å². The first-order valence-corrected chi connectivity index (χ1v) is 16.6. The van der Waals surface area contributed by atoms with Gasteiger partial charge in [0.1, 0.15) is 6.04 Å². The summed E-state index contributed by atoms with van der Waals surface area (Å²) < 4.78 is 7.44. The van der Waals surface area contributed by atoms with Gasteiger partial charge < -0.3 is 19.3 Å². The third kappa shape index (κ3) is 6.60. The van der Waals surface area contributed by atoms with E-state index >= 15 is 0 Å². The molecule has 8 heteroatoms. The van der Waals surface area contributed by atoms with Crippen LogP contribution < -0.4 is 0 Å². The molecule has 3 fully saturated rings. The number of aromatic nitrogens is 2. The Balaban J connectivity index is 1.13. The van der Waals surface area contributed by atoms with Gasteiger partial charge in [0.15, 0.2) is 0 Å². The number of aliphatic carboxylic acids is 1. The molecule has 4 atom stereocenters. The Labute approximate surface area is 255 Å². The first kappa shape index (κ1) is 30.1. The maximum absolute atomic E-state index is 12.6. The van der Waals surface area contributed by atoms with Crippen molar-refractivity contribution in [2.45, 2.75) is 77.3 Å². The number of rotatable bonds is 9. The van der Waals surface area contributed by atoms with Crippen molar-refractivity contribution >= 4 is 23.0 Å². The predicted molar refractivity (Wildman–Crippen MR) is 168 cm³/mol. The van der Waals surface area contributed by atoms with Crippen LogP contribution in [0, 0.1) is 23.7 Å². The number of nitrogens with zero attached hydrogens (tertiary/aromatic N) is 4. The molecule has 0 amide bonds. The fraction of sp³-hybridized carbons (Fsp3) is 0.629. The van der Waals surface area contributed by atoms with Crippen molar-refractivity contribution in [3.8, 4) is 0 Å². The number of likely N-dealkylation sites (tertiary alicyclic amines) is 2.